The second-order valence-electron chi connectivity index (χ2n) is 9.10. The van der Waals surface area contributed by atoms with Crippen LogP contribution in [0.2, 0.25) is 0 Å². The molecule has 0 radical (unpaired) electrons. The van der Waals surface area contributed by atoms with E-state index in [0.29, 0.717) is 28.8 Å². The molecule has 2 fully saturated rings. The summed E-state index contributed by atoms with van der Waals surface area (Å²) in [5.41, 5.74) is 3.01. The van der Waals surface area contributed by atoms with Crippen LogP contribution in [0.1, 0.15) is 41.4 Å². The fraction of sp³-hybridized carbons (Fsp3) is 0.500. The van der Waals surface area contributed by atoms with E-state index in [-0.39, 0.29) is 11.2 Å². The molecule has 2 atom stereocenters. The molecule has 5 rings (SSSR count). The lowest BCUT2D eigenvalue weighted by Crippen LogP contribution is -2.28. The first-order valence-corrected chi connectivity index (χ1v) is 12.3. The largest absolute Gasteiger partial charge is 0.496 e. The van der Waals surface area contributed by atoms with E-state index in [4.69, 9.17) is 9.15 Å². The van der Waals surface area contributed by atoms with Gasteiger partial charge in [-0.2, -0.15) is 0 Å². The monoisotopic (exact) mass is 467 g/mol. The molecule has 0 spiro atoms. The number of Topliss-reactive ketones (excluding diaryl/α,β-unsaturated/α-hetero) is 1. The quantitative estimate of drug-likeness (QED) is 0.267. The summed E-state index contributed by atoms with van der Waals surface area (Å²) in [5.74, 6) is 3.80. The number of nitrogens with zero attached hydrogens (tertiary/aromatic N) is 5. The van der Waals surface area contributed by atoms with E-state index in [1.165, 1.54) is 18.4 Å². The molecule has 2 aromatic heterocycles. The normalized spacial score (nSPS) is 21.9. The highest BCUT2D eigenvalue weighted by Crippen LogP contribution is 2.59. The Labute approximate surface area is 197 Å². The summed E-state index contributed by atoms with van der Waals surface area (Å²) < 4.78 is 12.9. The number of ether oxygens (including phenoxy) is 1. The molecule has 0 bridgehead atoms. The summed E-state index contributed by atoms with van der Waals surface area (Å²) in [6, 6.07) is 6.13. The molecule has 8 nitrogen and oxygen atoms in total. The molecule has 0 amide bonds. The fourth-order valence-electron chi connectivity index (χ4n) is 5.10. The summed E-state index contributed by atoms with van der Waals surface area (Å²) >= 11 is 1.72. The van der Waals surface area contributed by atoms with Crippen molar-refractivity contribution in [2.75, 3.05) is 32.5 Å². The van der Waals surface area contributed by atoms with Gasteiger partial charge in [-0.1, -0.05) is 17.8 Å². The van der Waals surface area contributed by atoms with Crippen molar-refractivity contribution in [2.45, 2.75) is 37.3 Å². The summed E-state index contributed by atoms with van der Waals surface area (Å²) in [6.07, 6.45) is 3.75. The van der Waals surface area contributed by atoms with Crippen LogP contribution in [0.15, 0.2) is 34.2 Å². The highest BCUT2D eigenvalue weighted by molar-refractivity contribution is 7.99. The molecule has 3 aromatic rings. The van der Waals surface area contributed by atoms with Gasteiger partial charge in [0.2, 0.25) is 5.82 Å². The minimum atomic E-state index is 0.0415. The van der Waals surface area contributed by atoms with Crippen LogP contribution in [0.25, 0.3) is 11.6 Å². The third kappa shape index (κ3) is 3.97. The molecule has 2 aliphatic rings. The van der Waals surface area contributed by atoms with Gasteiger partial charge in [0.1, 0.15) is 5.75 Å². The predicted molar refractivity (Wildman–Crippen MR) is 126 cm³/mol. The number of thioether (sulfide) groups is 1. The van der Waals surface area contributed by atoms with Crippen LogP contribution in [0.4, 0.5) is 0 Å². The second-order valence-corrected chi connectivity index (χ2v) is 10.2. The van der Waals surface area contributed by atoms with Crippen LogP contribution >= 0.6 is 11.8 Å². The van der Waals surface area contributed by atoms with Crippen LogP contribution in [0.5, 0.6) is 5.75 Å². The van der Waals surface area contributed by atoms with Crippen molar-refractivity contribution in [3.05, 3.63) is 41.4 Å². The van der Waals surface area contributed by atoms with Gasteiger partial charge in [-0.15, -0.1) is 10.2 Å². The second kappa shape index (κ2) is 8.61. The first kappa shape index (κ1) is 22.2. The number of oxazole rings is 1. The summed E-state index contributed by atoms with van der Waals surface area (Å²) in [4.78, 5) is 18.5. The summed E-state index contributed by atoms with van der Waals surface area (Å²) in [7, 11) is 3.60. The molecule has 1 aliphatic carbocycles. The van der Waals surface area contributed by atoms with Gasteiger partial charge in [0.25, 0.3) is 0 Å². The number of fused-ring (bicyclic) bond motifs is 1. The number of benzene rings is 1. The Morgan fingerprint density at radius 2 is 2.21 bits per heavy atom. The lowest BCUT2D eigenvalue weighted by molar-refractivity contribution is 0.101. The Bertz CT molecular complexity index is 1190. The van der Waals surface area contributed by atoms with Crippen molar-refractivity contribution in [1.29, 1.82) is 0 Å². The van der Waals surface area contributed by atoms with E-state index in [2.05, 4.69) is 32.2 Å². The van der Waals surface area contributed by atoms with Gasteiger partial charge in [0.05, 0.1) is 18.4 Å². The highest BCUT2D eigenvalue weighted by atomic mass is 32.2. The van der Waals surface area contributed by atoms with Crippen molar-refractivity contribution in [2.24, 2.45) is 13.0 Å². The van der Waals surface area contributed by atoms with Crippen molar-refractivity contribution >= 4 is 17.5 Å². The molecule has 1 aliphatic heterocycles. The van der Waals surface area contributed by atoms with Crippen LogP contribution in [-0.4, -0.2) is 62.9 Å². The number of likely N-dealkylation sites (tertiary alicyclic amines) is 1. The number of ketones is 1. The molecule has 174 valence electrons. The molecule has 3 heterocycles. The lowest BCUT2D eigenvalue weighted by Gasteiger charge is -2.21. The minimum absolute atomic E-state index is 0.0415. The summed E-state index contributed by atoms with van der Waals surface area (Å²) in [6.45, 7) is 6.77. The summed E-state index contributed by atoms with van der Waals surface area (Å²) in [5, 5.41) is 9.50. The average molecular weight is 468 g/mol. The fourth-order valence-corrected chi connectivity index (χ4v) is 5.94. The lowest BCUT2D eigenvalue weighted by atomic mass is 9.93. The van der Waals surface area contributed by atoms with Crippen molar-refractivity contribution in [3.63, 3.8) is 0 Å². The molecule has 0 N–H and O–H groups in total. The van der Waals surface area contributed by atoms with E-state index in [1.807, 2.05) is 24.6 Å². The minimum Gasteiger partial charge on any atom is -0.496 e. The Hall–Kier alpha value is -2.65. The van der Waals surface area contributed by atoms with Gasteiger partial charge in [0, 0.05) is 31.3 Å². The van der Waals surface area contributed by atoms with E-state index >= 15 is 0 Å². The zero-order valence-corrected chi connectivity index (χ0v) is 20.3. The topological polar surface area (TPSA) is 86.3 Å². The number of methoxy groups -OCH3 is 1. The average Bonchev–Trinajstić information content (AvgIpc) is 3.10. The van der Waals surface area contributed by atoms with Crippen molar-refractivity contribution in [3.8, 4) is 17.3 Å². The maximum absolute atomic E-state index is 11.8. The standard InChI is InChI=1S/C24H29N5O3S/c1-15-21(32-14-25-15)22-26-27-23(28(22)3)33-9-5-8-29-12-18-11-24(18,13-29)17-6-7-19(16(2)30)20(10-17)31-4/h6-7,10,14,18H,5,8-9,11-13H2,1-4H3/t18?,24-/m0/s1. The molecular weight excluding hydrogens is 438 g/mol. The van der Waals surface area contributed by atoms with E-state index in [1.54, 1.807) is 25.8 Å². The number of carbonyl (C=O) groups is 1. The zero-order chi connectivity index (χ0) is 23.2. The van der Waals surface area contributed by atoms with Crippen LogP contribution in [0.3, 0.4) is 0 Å². The molecule has 1 unspecified atom stereocenters. The van der Waals surface area contributed by atoms with Crippen LogP contribution < -0.4 is 4.74 Å². The number of rotatable bonds is 9. The molecule has 33 heavy (non-hydrogen) atoms. The highest BCUT2D eigenvalue weighted by Gasteiger charge is 2.60. The third-order valence-electron chi connectivity index (χ3n) is 7.01. The zero-order valence-electron chi connectivity index (χ0n) is 19.5. The van der Waals surface area contributed by atoms with Crippen LogP contribution in [0, 0.1) is 12.8 Å². The number of piperidine rings is 1. The molecule has 1 aromatic carbocycles. The Morgan fingerprint density at radius 1 is 1.36 bits per heavy atom. The Kier molecular flexibility index (Phi) is 5.78. The van der Waals surface area contributed by atoms with E-state index in [0.717, 1.165) is 42.7 Å². The maximum Gasteiger partial charge on any atom is 0.202 e. The van der Waals surface area contributed by atoms with Gasteiger partial charge >= 0.3 is 0 Å². The van der Waals surface area contributed by atoms with Crippen LogP contribution in [-0.2, 0) is 12.5 Å². The van der Waals surface area contributed by atoms with E-state index in [9.17, 15) is 4.79 Å². The molecule has 9 heteroatoms. The predicted octanol–water partition coefficient (Wildman–Crippen LogP) is 3.75. The van der Waals surface area contributed by atoms with Gasteiger partial charge in [-0.3, -0.25) is 4.79 Å². The third-order valence-corrected chi connectivity index (χ3v) is 8.11. The molecule has 1 saturated carbocycles. The Morgan fingerprint density at radius 3 is 2.94 bits per heavy atom. The van der Waals surface area contributed by atoms with Crippen molar-refractivity contribution < 1.29 is 13.9 Å². The first-order valence-electron chi connectivity index (χ1n) is 11.3. The number of aryl methyl sites for hydroxylation is 1. The van der Waals surface area contributed by atoms with E-state index < -0.39 is 0 Å². The number of aromatic nitrogens is 4. The first-order chi connectivity index (χ1) is 15.9. The van der Waals surface area contributed by atoms with Gasteiger partial charge in [0.15, 0.2) is 23.1 Å². The smallest absolute Gasteiger partial charge is 0.202 e. The Balaban J connectivity index is 1.15. The van der Waals surface area contributed by atoms with Gasteiger partial charge in [-0.25, -0.2) is 4.98 Å². The number of hydrogen-bond acceptors (Lipinski definition) is 8. The van der Waals surface area contributed by atoms with Gasteiger partial charge in [-0.05, 0) is 56.8 Å². The van der Waals surface area contributed by atoms with Crippen molar-refractivity contribution in [1.82, 2.24) is 24.6 Å². The SMILES string of the molecule is COc1cc([C@@]23CC2CN(CCCSc2nnc(-c4ocnc4C)n2C)C3)ccc1C(C)=O. The number of carbonyl (C=O) groups excluding carboxylic acids is 1. The molecular formula is C24H29N5O3S. The van der Waals surface area contributed by atoms with Gasteiger partial charge < -0.3 is 18.6 Å². The molecule has 1 saturated heterocycles. The number of hydrogen-bond donors (Lipinski definition) is 0. The maximum atomic E-state index is 11.8.